The number of amides is 2. The number of hydrogen-bond donors (Lipinski definition) is 1. The molecule has 0 unspecified atom stereocenters. The maximum Gasteiger partial charge on any atom is 0.264 e. The minimum atomic E-state index is -4.30. The fourth-order valence-electron chi connectivity index (χ4n) is 4.84. The molecule has 1 N–H and O–H groups in total. The van der Waals surface area contributed by atoms with Crippen molar-refractivity contribution >= 4 is 62.3 Å². The van der Waals surface area contributed by atoms with Gasteiger partial charge in [-0.3, -0.25) is 13.9 Å². The summed E-state index contributed by atoms with van der Waals surface area (Å²) in [5.74, 6) is -0.422. The minimum absolute atomic E-state index is 0.0581. The number of hydrogen-bond acceptors (Lipinski definition) is 5. The first kappa shape index (κ1) is 36.1. The average Bonchev–Trinajstić information content (AvgIpc) is 3.06. The van der Waals surface area contributed by atoms with E-state index < -0.39 is 34.4 Å². The van der Waals surface area contributed by atoms with Gasteiger partial charge in [0.1, 0.15) is 18.3 Å². The Bertz CT molecular complexity index is 1750. The summed E-state index contributed by atoms with van der Waals surface area (Å²) in [4.78, 5) is 29.8. The highest BCUT2D eigenvalue weighted by Crippen LogP contribution is 2.30. The molecule has 4 rings (SSSR count). The van der Waals surface area contributed by atoms with Crippen LogP contribution in [-0.4, -0.2) is 51.4 Å². The number of rotatable bonds is 14. The predicted molar refractivity (Wildman–Crippen MR) is 188 cm³/mol. The zero-order valence-corrected chi connectivity index (χ0v) is 29.3. The van der Waals surface area contributed by atoms with Crippen LogP contribution in [-0.2, 0) is 32.6 Å². The van der Waals surface area contributed by atoms with Crippen molar-refractivity contribution in [3.05, 3.63) is 123 Å². The van der Waals surface area contributed by atoms with E-state index >= 15 is 0 Å². The van der Waals surface area contributed by atoms with E-state index in [1.165, 1.54) is 60.5 Å². The number of ether oxygens (including phenoxy) is 1. The van der Waals surface area contributed by atoms with Gasteiger partial charge in [-0.05, 0) is 72.1 Å². The molecular formula is C35H36Cl3N3O5S. The lowest BCUT2D eigenvalue weighted by molar-refractivity contribution is -0.140. The molecule has 0 aliphatic heterocycles. The van der Waals surface area contributed by atoms with E-state index in [1.54, 1.807) is 18.2 Å². The fraction of sp³-hybridized carbons (Fsp3) is 0.257. The van der Waals surface area contributed by atoms with Crippen molar-refractivity contribution in [2.45, 2.75) is 37.8 Å². The van der Waals surface area contributed by atoms with E-state index in [1.807, 2.05) is 44.2 Å². The molecule has 8 nitrogen and oxygen atoms in total. The maximum absolute atomic E-state index is 14.6. The van der Waals surface area contributed by atoms with Gasteiger partial charge in [0.2, 0.25) is 11.8 Å². The highest BCUT2D eigenvalue weighted by molar-refractivity contribution is 7.92. The molecule has 4 aromatic rings. The standard InChI is InChI=1S/C35H36Cl3N3O5S/c1-24(2)21-39-35(43)33(20-25-8-5-4-6-9-25)40(22-30-31(37)10-7-11-32(30)38)34(42)23-41(27-14-12-26(36)13-15-27)47(44,45)29-18-16-28(46-3)17-19-29/h4-19,24,33H,20-23H2,1-3H3,(H,39,43)/t33-/m1/s1. The third kappa shape index (κ3) is 9.41. The van der Waals surface area contributed by atoms with Crippen LogP contribution >= 0.6 is 34.8 Å². The normalized spacial score (nSPS) is 12.0. The smallest absolute Gasteiger partial charge is 0.264 e. The number of anilines is 1. The number of carbonyl (C=O) groups is 2. The lowest BCUT2D eigenvalue weighted by atomic mass is 10.0. The van der Waals surface area contributed by atoms with Gasteiger partial charge in [0.25, 0.3) is 10.0 Å². The van der Waals surface area contributed by atoms with E-state index in [9.17, 15) is 18.0 Å². The molecule has 0 aromatic heterocycles. The Balaban J connectivity index is 1.83. The summed E-state index contributed by atoms with van der Waals surface area (Å²) in [5.41, 5.74) is 1.44. The molecule has 0 radical (unpaired) electrons. The summed E-state index contributed by atoms with van der Waals surface area (Å²) in [5, 5.41) is 3.95. The fourth-order valence-corrected chi connectivity index (χ4v) is 6.90. The van der Waals surface area contributed by atoms with Gasteiger partial charge in [-0.25, -0.2) is 8.42 Å². The van der Waals surface area contributed by atoms with Gasteiger partial charge in [-0.2, -0.15) is 0 Å². The second-order valence-electron chi connectivity index (χ2n) is 11.2. The molecule has 0 saturated carbocycles. The summed E-state index contributed by atoms with van der Waals surface area (Å²) < 4.78 is 34.5. The largest absolute Gasteiger partial charge is 0.497 e. The van der Waals surface area contributed by atoms with Crippen molar-refractivity contribution in [2.75, 3.05) is 24.5 Å². The Morgan fingerprint density at radius 3 is 2.02 bits per heavy atom. The lowest BCUT2D eigenvalue weighted by Crippen LogP contribution is -2.53. The van der Waals surface area contributed by atoms with Crippen LogP contribution in [0.25, 0.3) is 0 Å². The van der Waals surface area contributed by atoms with Crippen molar-refractivity contribution < 1.29 is 22.7 Å². The van der Waals surface area contributed by atoms with Crippen LogP contribution in [0.5, 0.6) is 5.75 Å². The van der Waals surface area contributed by atoms with Crippen LogP contribution in [0.4, 0.5) is 5.69 Å². The number of benzene rings is 4. The molecule has 0 aliphatic rings. The Labute approximate surface area is 291 Å². The average molecular weight is 717 g/mol. The predicted octanol–water partition coefficient (Wildman–Crippen LogP) is 7.26. The number of carbonyl (C=O) groups excluding carboxylic acids is 2. The molecule has 0 saturated heterocycles. The van der Waals surface area contributed by atoms with Gasteiger partial charge < -0.3 is 15.0 Å². The number of halogens is 3. The van der Waals surface area contributed by atoms with Crippen LogP contribution in [0, 0.1) is 5.92 Å². The first-order valence-electron chi connectivity index (χ1n) is 14.9. The summed E-state index contributed by atoms with van der Waals surface area (Å²) in [7, 11) is -2.82. The van der Waals surface area contributed by atoms with Crippen LogP contribution in [0.3, 0.4) is 0 Å². The van der Waals surface area contributed by atoms with E-state index in [0.717, 1.165) is 9.87 Å². The van der Waals surface area contributed by atoms with Crippen LogP contribution in [0.1, 0.15) is 25.0 Å². The summed E-state index contributed by atoms with van der Waals surface area (Å²) >= 11 is 19.3. The molecule has 1 atom stereocenters. The zero-order chi connectivity index (χ0) is 34.1. The molecule has 47 heavy (non-hydrogen) atoms. The van der Waals surface area contributed by atoms with E-state index in [2.05, 4.69) is 5.32 Å². The zero-order valence-electron chi connectivity index (χ0n) is 26.2. The van der Waals surface area contributed by atoms with Crippen molar-refractivity contribution in [2.24, 2.45) is 5.92 Å². The first-order chi connectivity index (χ1) is 22.4. The van der Waals surface area contributed by atoms with Crippen molar-refractivity contribution in [3.8, 4) is 5.75 Å². The molecule has 0 fully saturated rings. The molecule has 2 amide bonds. The lowest BCUT2D eigenvalue weighted by Gasteiger charge is -2.34. The van der Waals surface area contributed by atoms with Gasteiger partial charge in [-0.15, -0.1) is 0 Å². The van der Waals surface area contributed by atoms with E-state index in [-0.39, 0.29) is 29.5 Å². The third-order valence-corrected chi connectivity index (χ3v) is 10.1. The first-order valence-corrected chi connectivity index (χ1v) is 17.4. The van der Waals surface area contributed by atoms with Crippen LogP contribution in [0.15, 0.2) is 102 Å². The van der Waals surface area contributed by atoms with Crippen molar-refractivity contribution in [3.63, 3.8) is 0 Å². The highest BCUT2D eigenvalue weighted by Gasteiger charge is 2.35. The molecule has 0 spiro atoms. The Morgan fingerprint density at radius 2 is 1.45 bits per heavy atom. The van der Waals surface area contributed by atoms with Gasteiger partial charge in [0.05, 0.1) is 17.7 Å². The van der Waals surface area contributed by atoms with Crippen LogP contribution < -0.4 is 14.4 Å². The topological polar surface area (TPSA) is 96.0 Å². The highest BCUT2D eigenvalue weighted by atomic mass is 35.5. The maximum atomic E-state index is 14.6. The Hall–Kier alpha value is -3.76. The van der Waals surface area contributed by atoms with Gasteiger partial charge >= 0.3 is 0 Å². The summed E-state index contributed by atoms with van der Waals surface area (Å²) in [6.45, 7) is 3.52. The number of methoxy groups -OCH3 is 1. The second kappa shape index (κ2) is 16.4. The Morgan fingerprint density at radius 1 is 0.830 bits per heavy atom. The summed E-state index contributed by atoms with van der Waals surface area (Å²) in [6, 6.07) is 25.2. The van der Waals surface area contributed by atoms with E-state index in [4.69, 9.17) is 39.5 Å². The van der Waals surface area contributed by atoms with Gasteiger partial charge in [0, 0.05) is 40.1 Å². The van der Waals surface area contributed by atoms with Crippen molar-refractivity contribution in [1.29, 1.82) is 0 Å². The molecule has 0 aliphatic carbocycles. The number of sulfonamides is 1. The molecule has 0 bridgehead atoms. The molecule has 12 heteroatoms. The number of nitrogens with zero attached hydrogens (tertiary/aromatic N) is 2. The number of nitrogens with one attached hydrogen (secondary N) is 1. The van der Waals surface area contributed by atoms with Gasteiger partial charge in [0.15, 0.2) is 0 Å². The van der Waals surface area contributed by atoms with Crippen LogP contribution in [0.2, 0.25) is 15.1 Å². The Kier molecular flexibility index (Phi) is 12.6. The quantitative estimate of drug-likeness (QED) is 0.148. The second-order valence-corrected chi connectivity index (χ2v) is 14.3. The van der Waals surface area contributed by atoms with Gasteiger partial charge in [-0.1, -0.05) is 85.0 Å². The van der Waals surface area contributed by atoms with E-state index in [0.29, 0.717) is 32.9 Å². The monoisotopic (exact) mass is 715 g/mol. The van der Waals surface area contributed by atoms with Crippen molar-refractivity contribution in [1.82, 2.24) is 10.2 Å². The minimum Gasteiger partial charge on any atom is -0.497 e. The molecule has 0 heterocycles. The molecular weight excluding hydrogens is 681 g/mol. The molecule has 248 valence electrons. The summed E-state index contributed by atoms with van der Waals surface area (Å²) in [6.07, 6.45) is 0.157. The third-order valence-electron chi connectivity index (χ3n) is 7.39. The SMILES string of the molecule is COc1ccc(S(=O)(=O)N(CC(=O)N(Cc2c(Cl)cccc2Cl)[C@H](Cc2ccccc2)C(=O)NCC(C)C)c2ccc(Cl)cc2)cc1. The molecule has 4 aromatic carbocycles.